The number of nitrogens with one attached hydrogen (secondary N) is 1. The van der Waals surface area contributed by atoms with Crippen LogP contribution in [0, 0.1) is 11.8 Å². The van der Waals surface area contributed by atoms with Gasteiger partial charge in [-0.3, -0.25) is 9.00 Å². The zero-order valence-electron chi connectivity index (χ0n) is 54.7. The molecule has 3 unspecified atom stereocenters. The zero-order valence-corrected chi connectivity index (χ0v) is 55.5. The average molecular weight is 1270 g/mol. The molecule has 0 spiro atoms. The second-order valence-electron chi connectivity index (χ2n) is 30.2. The molecule has 26 atom stereocenters. The summed E-state index contributed by atoms with van der Waals surface area (Å²) in [6.07, 6.45) is 22.5. The first-order valence-corrected chi connectivity index (χ1v) is 36.4. The van der Waals surface area contributed by atoms with E-state index in [-0.39, 0.29) is 128 Å². The Morgan fingerprint density at radius 3 is 2.08 bits per heavy atom. The van der Waals surface area contributed by atoms with E-state index < -0.39 is 81.1 Å². The predicted octanol–water partition coefficient (Wildman–Crippen LogP) is 9.12. The maximum Gasteiger partial charge on any atom is 0.331 e. The Bertz CT molecular complexity index is 2540. The van der Waals surface area contributed by atoms with Crippen LogP contribution in [0.2, 0.25) is 0 Å². The van der Waals surface area contributed by atoms with Gasteiger partial charge in [0.05, 0.1) is 114 Å². The number of aliphatic carboxylic acids is 1. The SMILES string of the molecule is CCCCCCCCCCCCCCCC(=O)NC(CS(=O)CC(CO)C[C@@H]1C[C@H](O)[C@]2(C)O[C@@H]3C[C@@H]4O[C@@H]5C[C@]6(C)O[C@]7(C)CC[C@@H]8O[C@@H]9C[C@]%10(C)O[C@@H]%11C(C)=CC(=O)O[C@H]%11C[C@H]%10O[C@H]9C[C@@H](C)[C@H]8O[C@H]7C[C@H]6O[C@@]5(C)CC=C[C@H]4O[C@H]3C[C@H]2O1)C(=O)O. The number of carboxylic acid groups (broad SMARTS) is 1. The number of amides is 1. The summed E-state index contributed by atoms with van der Waals surface area (Å²) in [5, 5.41) is 35.0. The van der Waals surface area contributed by atoms with Crippen LogP contribution in [-0.4, -0.2) is 193 Å². The first kappa shape index (κ1) is 68.0. The minimum Gasteiger partial charge on any atom is -0.480 e. The number of carboxylic acids is 1. The molecule has 0 bridgehead atoms. The fourth-order valence-corrected chi connectivity index (χ4v) is 19.0. The number of carbonyl (C=O) groups is 3. The third kappa shape index (κ3) is 15.2. The first-order chi connectivity index (χ1) is 42.5. The molecule has 0 radical (unpaired) electrons. The summed E-state index contributed by atoms with van der Waals surface area (Å²) in [6, 6.07) is -1.30. The maximum absolute atomic E-state index is 13.5. The van der Waals surface area contributed by atoms with Crippen molar-refractivity contribution in [2.45, 2.75) is 360 Å². The number of esters is 1. The fourth-order valence-electron chi connectivity index (χ4n) is 17.5. The number of ether oxygens (including phenoxy) is 11. The molecule has 0 saturated carbocycles. The lowest BCUT2D eigenvalue weighted by molar-refractivity contribution is -0.356. The zero-order chi connectivity index (χ0) is 63.0. The van der Waals surface area contributed by atoms with Crippen LogP contribution in [0.1, 0.15) is 222 Å². The number of hydrogen-bond acceptors (Lipinski definition) is 17. The molecule has 0 aromatic carbocycles. The number of carbonyl (C=O) groups excluding carboxylic acids is 2. The normalized spacial score (nSPS) is 45.0. The van der Waals surface area contributed by atoms with Gasteiger partial charge in [-0.25, -0.2) is 9.59 Å². The molecule has 89 heavy (non-hydrogen) atoms. The van der Waals surface area contributed by atoms with E-state index in [1.165, 1.54) is 63.9 Å². The van der Waals surface area contributed by atoms with Crippen molar-refractivity contribution in [3.63, 3.8) is 0 Å². The van der Waals surface area contributed by atoms with Crippen LogP contribution in [0.3, 0.4) is 0 Å². The van der Waals surface area contributed by atoms with Gasteiger partial charge in [-0.05, 0) is 97.5 Å². The van der Waals surface area contributed by atoms with Crippen LogP contribution in [-0.2, 0) is 77.3 Å². The molecule has 4 N–H and O–H groups in total. The minimum atomic E-state index is -1.67. The highest BCUT2D eigenvalue weighted by molar-refractivity contribution is 7.85. The van der Waals surface area contributed by atoms with Gasteiger partial charge in [0.2, 0.25) is 5.91 Å². The van der Waals surface area contributed by atoms with Gasteiger partial charge in [0.15, 0.2) is 0 Å². The smallest absolute Gasteiger partial charge is 0.331 e. The highest BCUT2D eigenvalue weighted by Gasteiger charge is 2.64. The number of aliphatic hydroxyl groups is 2. The van der Waals surface area contributed by atoms with Gasteiger partial charge < -0.3 is 72.7 Å². The van der Waals surface area contributed by atoms with Crippen LogP contribution in [0.5, 0.6) is 0 Å². The number of unbranched alkanes of at least 4 members (excludes halogenated alkanes) is 12. The lowest BCUT2D eigenvalue weighted by Crippen LogP contribution is -2.70. The molecule has 0 aromatic rings. The summed E-state index contributed by atoms with van der Waals surface area (Å²) in [5.41, 5.74) is -2.77. The second-order valence-corrected chi connectivity index (χ2v) is 31.8. The van der Waals surface area contributed by atoms with E-state index in [2.05, 4.69) is 59.0 Å². The summed E-state index contributed by atoms with van der Waals surface area (Å²) >= 11 is 0. The van der Waals surface area contributed by atoms with Crippen molar-refractivity contribution < 1.29 is 86.0 Å². The van der Waals surface area contributed by atoms with Crippen molar-refractivity contribution in [2.75, 3.05) is 18.1 Å². The minimum absolute atomic E-state index is 0.0192. The molecule has 11 heterocycles. The molecule has 1 amide bonds. The summed E-state index contributed by atoms with van der Waals surface area (Å²) < 4.78 is 90.0. The average Bonchev–Trinajstić information content (AvgIpc) is 1.67. The van der Waals surface area contributed by atoms with Crippen LogP contribution in [0.4, 0.5) is 0 Å². The molecule has 11 aliphatic rings. The largest absolute Gasteiger partial charge is 0.480 e. The maximum atomic E-state index is 13.5. The van der Waals surface area contributed by atoms with Gasteiger partial charge in [0.25, 0.3) is 0 Å². The number of hydrogen-bond donors (Lipinski definition) is 4. The van der Waals surface area contributed by atoms with E-state index in [4.69, 9.17) is 52.1 Å². The van der Waals surface area contributed by atoms with Crippen molar-refractivity contribution in [3.8, 4) is 0 Å². The standard InChI is InChI=1S/C69H109NO18S/c1-9-10-11-12-13-14-15-16-17-18-19-20-21-24-60(73)70-45(64(75)76)40-89(77)39-43(38-71)30-44-31-54(72)69(8)58(78-44)33-50-51(85-69)32-49-46(79-50)23-22-26-65(4)59(82-49)37-68(7)57(86-65)35-56-66(5,88-68)27-25-47-62(84-56)41(2)28-48-53(80-47)36-67(6)55(81-48)34-52-63(87-67)42(3)29-61(74)83-52/h22-23,29,41,43-59,62-63,71-72H,9-21,24-28,30-40H2,1-8H3,(H,70,73)(H,75,76)/t41-,43?,44-,45?,46-,47+,48+,49+,50+,51-,52+,53-,54+,55-,56+,57-,58-,59-,62-,63-,65+,66-,67+,68+,69+,89?/m1/s1. The quantitative estimate of drug-likeness (QED) is 0.0423. The van der Waals surface area contributed by atoms with E-state index in [1.807, 2.05) is 13.8 Å². The lowest BCUT2D eigenvalue weighted by atomic mass is 9.72. The van der Waals surface area contributed by atoms with Gasteiger partial charge in [0.1, 0.15) is 30.0 Å². The van der Waals surface area contributed by atoms with Crippen molar-refractivity contribution in [3.05, 3.63) is 23.8 Å². The van der Waals surface area contributed by atoms with Crippen LogP contribution in [0.15, 0.2) is 23.8 Å². The van der Waals surface area contributed by atoms with Gasteiger partial charge in [-0.15, -0.1) is 0 Å². The third-order valence-corrected chi connectivity index (χ3v) is 24.4. The number of fused-ring (bicyclic) bond motifs is 10. The molecular weight excluding hydrogens is 1160 g/mol. The number of aliphatic hydroxyl groups excluding tert-OH is 2. The first-order valence-electron chi connectivity index (χ1n) is 34.9. The van der Waals surface area contributed by atoms with Crippen molar-refractivity contribution in [1.29, 1.82) is 0 Å². The van der Waals surface area contributed by atoms with E-state index in [0.29, 0.717) is 57.8 Å². The topological polar surface area (TPSA) is 243 Å². The lowest BCUT2D eigenvalue weighted by Gasteiger charge is -2.60. The van der Waals surface area contributed by atoms with Crippen LogP contribution < -0.4 is 5.32 Å². The molecule has 19 nitrogen and oxygen atoms in total. The highest BCUT2D eigenvalue weighted by atomic mass is 32.2. The molecule has 9 fully saturated rings. The highest BCUT2D eigenvalue weighted by Crippen LogP contribution is 2.55. The van der Waals surface area contributed by atoms with Crippen LogP contribution >= 0.6 is 0 Å². The van der Waals surface area contributed by atoms with Gasteiger partial charge >= 0.3 is 11.9 Å². The molecule has 0 aliphatic carbocycles. The summed E-state index contributed by atoms with van der Waals surface area (Å²) in [4.78, 5) is 37.4. The summed E-state index contributed by atoms with van der Waals surface area (Å²) in [6.45, 7) is 16.7. The predicted molar refractivity (Wildman–Crippen MR) is 331 cm³/mol. The van der Waals surface area contributed by atoms with E-state index >= 15 is 0 Å². The van der Waals surface area contributed by atoms with E-state index in [0.717, 1.165) is 44.1 Å². The molecule has 11 rings (SSSR count). The Labute approximate surface area is 531 Å². The molecule has 9 saturated heterocycles. The molecular formula is C69H109NO18S. The van der Waals surface area contributed by atoms with Gasteiger partial charge in [0, 0.05) is 80.6 Å². The van der Waals surface area contributed by atoms with Crippen molar-refractivity contribution in [1.82, 2.24) is 5.32 Å². The molecule has 0 aromatic heterocycles. The summed E-state index contributed by atoms with van der Waals surface area (Å²) in [7, 11) is -1.67. The molecule has 11 aliphatic heterocycles. The summed E-state index contributed by atoms with van der Waals surface area (Å²) in [5.74, 6) is -2.54. The van der Waals surface area contributed by atoms with Crippen molar-refractivity contribution in [2.24, 2.45) is 11.8 Å². The third-order valence-electron chi connectivity index (χ3n) is 22.9. The van der Waals surface area contributed by atoms with Crippen molar-refractivity contribution >= 4 is 28.6 Å². The van der Waals surface area contributed by atoms with Gasteiger partial charge in [-0.1, -0.05) is 103 Å². The second kappa shape index (κ2) is 28.5. The molecule has 504 valence electrons. The van der Waals surface area contributed by atoms with E-state index in [1.54, 1.807) is 0 Å². The Balaban J connectivity index is 0.651. The van der Waals surface area contributed by atoms with Gasteiger partial charge in [-0.2, -0.15) is 0 Å². The Kier molecular flexibility index (Phi) is 21.7. The Hall–Kier alpha value is -2.44. The number of rotatable bonds is 23. The van der Waals surface area contributed by atoms with Crippen LogP contribution in [0.25, 0.3) is 0 Å². The Morgan fingerprint density at radius 1 is 0.674 bits per heavy atom. The monoisotopic (exact) mass is 1270 g/mol. The molecule has 20 heteroatoms. The van der Waals surface area contributed by atoms with E-state index in [9.17, 15) is 33.9 Å². The fraction of sp³-hybridized carbons (Fsp3) is 0.899. The Morgan fingerprint density at radius 2 is 1.36 bits per heavy atom.